The molecule has 0 aliphatic rings. The van der Waals surface area contributed by atoms with Gasteiger partial charge in [-0.1, -0.05) is 27.7 Å². The van der Waals surface area contributed by atoms with E-state index in [2.05, 4.69) is 33.0 Å². The number of nitrogens with two attached hydrogens (primary N) is 1. The molecule has 0 aromatic heterocycles. The van der Waals surface area contributed by atoms with Crippen LogP contribution < -0.4 is 11.1 Å². The van der Waals surface area contributed by atoms with Crippen molar-refractivity contribution >= 4 is 5.91 Å². The Balaban J connectivity index is 4.09. The van der Waals surface area contributed by atoms with Crippen LogP contribution in [-0.2, 0) is 4.79 Å². The summed E-state index contributed by atoms with van der Waals surface area (Å²) >= 11 is 0. The second-order valence-corrected chi connectivity index (χ2v) is 6.81. The van der Waals surface area contributed by atoms with Crippen LogP contribution in [0.15, 0.2) is 0 Å². The highest BCUT2D eigenvalue weighted by molar-refractivity contribution is 5.76. The standard InChI is InChI=1S/C15H32N2O2/c1-11(2)6-13(9-16)7-14(18)17-10-15(5,19)8-12(3)4/h11-13,19H,6-10,16H2,1-5H3,(H,17,18). The summed E-state index contributed by atoms with van der Waals surface area (Å²) in [6, 6.07) is 0. The number of amides is 1. The molecule has 0 aromatic rings. The Kier molecular flexibility index (Phi) is 8.26. The third-order valence-electron chi connectivity index (χ3n) is 3.13. The van der Waals surface area contributed by atoms with Crippen molar-refractivity contribution in [2.45, 2.75) is 59.5 Å². The Bertz CT molecular complexity index is 263. The predicted octanol–water partition coefficient (Wildman–Crippen LogP) is 1.91. The minimum absolute atomic E-state index is 0.0138. The van der Waals surface area contributed by atoms with E-state index in [-0.39, 0.29) is 11.8 Å². The lowest BCUT2D eigenvalue weighted by molar-refractivity contribution is -0.123. The molecule has 114 valence electrons. The Morgan fingerprint density at radius 2 is 1.84 bits per heavy atom. The molecule has 2 unspecified atom stereocenters. The number of aliphatic hydroxyl groups is 1. The fourth-order valence-corrected chi connectivity index (χ4v) is 2.50. The molecule has 0 aliphatic heterocycles. The Morgan fingerprint density at radius 1 is 1.26 bits per heavy atom. The Morgan fingerprint density at radius 3 is 2.26 bits per heavy atom. The fourth-order valence-electron chi connectivity index (χ4n) is 2.50. The summed E-state index contributed by atoms with van der Waals surface area (Å²) in [6.07, 6.45) is 2.10. The minimum Gasteiger partial charge on any atom is -0.388 e. The number of hydrogen-bond acceptors (Lipinski definition) is 3. The van der Waals surface area contributed by atoms with Crippen molar-refractivity contribution in [3.8, 4) is 0 Å². The van der Waals surface area contributed by atoms with Gasteiger partial charge in [0.05, 0.1) is 5.60 Å². The first kappa shape index (κ1) is 18.4. The highest BCUT2D eigenvalue weighted by atomic mass is 16.3. The van der Waals surface area contributed by atoms with E-state index in [1.807, 2.05) is 0 Å². The molecule has 4 nitrogen and oxygen atoms in total. The first-order chi connectivity index (χ1) is 8.66. The zero-order valence-corrected chi connectivity index (χ0v) is 13.2. The normalized spacial score (nSPS) is 16.5. The van der Waals surface area contributed by atoms with E-state index in [0.717, 1.165) is 6.42 Å². The van der Waals surface area contributed by atoms with E-state index in [9.17, 15) is 9.90 Å². The highest BCUT2D eigenvalue weighted by Crippen LogP contribution is 2.16. The van der Waals surface area contributed by atoms with E-state index in [4.69, 9.17) is 5.73 Å². The highest BCUT2D eigenvalue weighted by Gasteiger charge is 2.23. The smallest absolute Gasteiger partial charge is 0.220 e. The molecule has 0 spiro atoms. The number of hydrogen-bond donors (Lipinski definition) is 3. The van der Waals surface area contributed by atoms with Crippen LogP contribution in [0.4, 0.5) is 0 Å². The van der Waals surface area contributed by atoms with Gasteiger partial charge in [-0.05, 0) is 44.1 Å². The molecule has 19 heavy (non-hydrogen) atoms. The maximum Gasteiger partial charge on any atom is 0.220 e. The molecule has 0 radical (unpaired) electrons. The van der Waals surface area contributed by atoms with E-state index in [1.165, 1.54) is 0 Å². The van der Waals surface area contributed by atoms with Gasteiger partial charge in [-0.3, -0.25) is 4.79 Å². The average Bonchev–Trinajstić information content (AvgIpc) is 2.23. The van der Waals surface area contributed by atoms with Crippen LogP contribution >= 0.6 is 0 Å². The zero-order valence-electron chi connectivity index (χ0n) is 13.2. The number of carbonyl (C=O) groups is 1. The number of nitrogens with one attached hydrogen (secondary N) is 1. The van der Waals surface area contributed by atoms with Crippen LogP contribution in [0.2, 0.25) is 0 Å². The van der Waals surface area contributed by atoms with E-state index >= 15 is 0 Å². The second kappa shape index (κ2) is 8.54. The van der Waals surface area contributed by atoms with E-state index in [1.54, 1.807) is 6.92 Å². The molecule has 0 saturated carbocycles. The van der Waals surface area contributed by atoms with Crippen molar-refractivity contribution < 1.29 is 9.90 Å². The first-order valence-corrected chi connectivity index (χ1v) is 7.35. The van der Waals surface area contributed by atoms with Crippen molar-refractivity contribution in [2.24, 2.45) is 23.5 Å². The van der Waals surface area contributed by atoms with Crippen LogP contribution in [-0.4, -0.2) is 29.7 Å². The molecule has 2 atom stereocenters. The Labute approximate surface area is 118 Å². The summed E-state index contributed by atoms with van der Waals surface area (Å²) < 4.78 is 0. The summed E-state index contributed by atoms with van der Waals surface area (Å²) in [5.41, 5.74) is 4.85. The zero-order chi connectivity index (χ0) is 15.1. The molecule has 0 saturated heterocycles. The molecular weight excluding hydrogens is 240 g/mol. The number of carbonyl (C=O) groups excluding carboxylic acids is 1. The van der Waals surface area contributed by atoms with Crippen LogP contribution in [0, 0.1) is 17.8 Å². The van der Waals surface area contributed by atoms with Crippen molar-refractivity contribution in [3.63, 3.8) is 0 Å². The average molecular weight is 272 g/mol. The second-order valence-electron chi connectivity index (χ2n) is 6.81. The summed E-state index contributed by atoms with van der Waals surface area (Å²) in [6.45, 7) is 11.0. The summed E-state index contributed by atoms with van der Waals surface area (Å²) in [7, 11) is 0. The van der Waals surface area contributed by atoms with Gasteiger partial charge in [0, 0.05) is 13.0 Å². The monoisotopic (exact) mass is 272 g/mol. The molecule has 1 amide bonds. The molecule has 0 aliphatic carbocycles. The summed E-state index contributed by atoms with van der Waals surface area (Å²) in [5.74, 6) is 1.17. The van der Waals surface area contributed by atoms with Crippen molar-refractivity contribution in [2.75, 3.05) is 13.1 Å². The fraction of sp³-hybridized carbons (Fsp3) is 0.933. The quantitative estimate of drug-likeness (QED) is 0.600. The van der Waals surface area contributed by atoms with Gasteiger partial charge in [0.1, 0.15) is 0 Å². The molecule has 4 N–H and O–H groups in total. The topological polar surface area (TPSA) is 75.4 Å². The summed E-state index contributed by atoms with van der Waals surface area (Å²) in [5, 5.41) is 13.0. The van der Waals surface area contributed by atoms with Crippen LogP contribution in [0.5, 0.6) is 0 Å². The SMILES string of the molecule is CC(C)CC(CN)CC(=O)NCC(C)(O)CC(C)C. The van der Waals surface area contributed by atoms with E-state index < -0.39 is 5.60 Å². The minimum atomic E-state index is -0.833. The van der Waals surface area contributed by atoms with E-state index in [0.29, 0.717) is 37.8 Å². The predicted molar refractivity (Wildman–Crippen MR) is 79.7 cm³/mol. The van der Waals surface area contributed by atoms with Gasteiger partial charge in [-0.15, -0.1) is 0 Å². The largest absolute Gasteiger partial charge is 0.388 e. The third-order valence-corrected chi connectivity index (χ3v) is 3.13. The van der Waals surface area contributed by atoms with Gasteiger partial charge in [0.25, 0.3) is 0 Å². The maximum absolute atomic E-state index is 11.8. The lowest BCUT2D eigenvalue weighted by Gasteiger charge is -2.26. The molecule has 0 rings (SSSR count). The molecule has 0 heterocycles. The lowest BCUT2D eigenvalue weighted by atomic mass is 9.93. The number of rotatable bonds is 9. The first-order valence-electron chi connectivity index (χ1n) is 7.35. The van der Waals surface area contributed by atoms with Crippen molar-refractivity contribution in [3.05, 3.63) is 0 Å². The molecule has 4 heteroatoms. The Hall–Kier alpha value is -0.610. The maximum atomic E-state index is 11.8. The van der Waals surface area contributed by atoms with Gasteiger partial charge in [0.15, 0.2) is 0 Å². The van der Waals surface area contributed by atoms with Gasteiger partial charge in [0.2, 0.25) is 5.91 Å². The summed E-state index contributed by atoms with van der Waals surface area (Å²) in [4.78, 5) is 11.8. The lowest BCUT2D eigenvalue weighted by Crippen LogP contribution is -2.42. The van der Waals surface area contributed by atoms with Crippen LogP contribution in [0.25, 0.3) is 0 Å². The molecule has 0 aromatic carbocycles. The van der Waals surface area contributed by atoms with Gasteiger partial charge >= 0.3 is 0 Å². The van der Waals surface area contributed by atoms with Crippen molar-refractivity contribution in [1.29, 1.82) is 0 Å². The molecule has 0 bridgehead atoms. The molecule has 0 fully saturated rings. The molecular formula is C15H32N2O2. The van der Waals surface area contributed by atoms with Crippen LogP contribution in [0.3, 0.4) is 0 Å². The van der Waals surface area contributed by atoms with Gasteiger partial charge in [-0.25, -0.2) is 0 Å². The van der Waals surface area contributed by atoms with Gasteiger partial charge in [-0.2, -0.15) is 0 Å². The van der Waals surface area contributed by atoms with Crippen molar-refractivity contribution in [1.82, 2.24) is 5.32 Å². The van der Waals surface area contributed by atoms with Crippen LogP contribution in [0.1, 0.15) is 53.9 Å². The van der Waals surface area contributed by atoms with Gasteiger partial charge < -0.3 is 16.2 Å². The third kappa shape index (κ3) is 9.91.